The van der Waals surface area contributed by atoms with E-state index in [1.807, 2.05) is 30.3 Å². The van der Waals surface area contributed by atoms with Crippen LogP contribution in [0.25, 0.3) is 0 Å². The summed E-state index contributed by atoms with van der Waals surface area (Å²) in [5.74, 6) is 2.02. The first-order chi connectivity index (χ1) is 16.0. The lowest BCUT2D eigenvalue weighted by Crippen LogP contribution is -2.39. The maximum Gasteiger partial charge on any atom is 0.319 e. The van der Waals surface area contributed by atoms with E-state index in [0.29, 0.717) is 23.7 Å². The highest BCUT2D eigenvalue weighted by molar-refractivity contribution is 5.96. The van der Waals surface area contributed by atoms with E-state index < -0.39 is 0 Å². The molecular formula is C24H26N6O3. The van der Waals surface area contributed by atoms with E-state index in [9.17, 15) is 9.59 Å². The van der Waals surface area contributed by atoms with Gasteiger partial charge in [-0.3, -0.25) is 4.79 Å². The topological polar surface area (TPSA) is 108 Å². The molecule has 170 valence electrons. The first kappa shape index (κ1) is 22.1. The van der Waals surface area contributed by atoms with Crippen molar-refractivity contribution in [3.8, 4) is 5.75 Å². The number of nitrogens with one attached hydrogen (secondary N) is 3. The van der Waals surface area contributed by atoms with Gasteiger partial charge in [0.05, 0.1) is 7.11 Å². The Kier molecular flexibility index (Phi) is 6.68. The van der Waals surface area contributed by atoms with Crippen LogP contribution in [0.5, 0.6) is 5.75 Å². The fraction of sp³-hybridized carbons (Fsp3) is 0.250. The summed E-state index contributed by atoms with van der Waals surface area (Å²) in [5.41, 5.74) is 2.00. The predicted molar refractivity (Wildman–Crippen MR) is 128 cm³/mol. The molecule has 3 aromatic rings. The van der Waals surface area contributed by atoms with Gasteiger partial charge in [0.25, 0.3) is 0 Å². The summed E-state index contributed by atoms with van der Waals surface area (Å²) in [5, 5.41) is 8.99. The van der Waals surface area contributed by atoms with Gasteiger partial charge in [0, 0.05) is 42.3 Å². The largest absolute Gasteiger partial charge is 0.497 e. The smallest absolute Gasteiger partial charge is 0.319 e. The fourth-order valence-corrected chi connectivity index (χ4v) is 3.64. The van der Waals surface area contributed by atoms with Gasteiger partial charge in [-0.1, -0.05) is 12.1 Å². The number of ether oxygens (including phenoxy) is 1. The van der Waals surface area contributed by atoms with Crippen molar-refractivity contribution in [2.24, 2.45) is 0 Å². The lowest BCUT2D eigenvalue weighted by atomic mass is 10.1. The van der Waals surface area contributed by atoms with Crippen molar-refractivity contribution in [1.82, 2.24) is 15.3 Å². The average molecular weight is 447 g/mol. The quantitative estimate of drug-likeness (QED) is 0.473. The second-order valence-electron chi connectivity index (χ2n) is 7.76. The number of aromatic nitrogens is 2. The molecule has 1 atom stereocenters. The number of carbonyl (C=O) groups excluding carboxylic acids is 2. The first-order valence-corrected chi connectivity index (χ1v) is 10.7. The molecule has 2 amide bonds. The van der Waals surface area contributed by atoms with Crippen LogP contribution in [0.3, 0.4) is 0 Å². The van der Waals surface area contributed by atoms with Gasteiger partial charge in [-0.25, -0.2) is 9.78 Å². The van der Waals surface area contributed by atoms with E-state index in [1.54, 1.807) is 37.6 Å². The molecule has 1 fully saturated rings. The van der Waals surface area contributed by atoms with Gasteiger partial charge >= 0.3 is 6.03 Å². The molecule has 0 bridgehead atoms. The van der Waals surface area contributed by atoms with Gasteiger partial charge in [-0.2, -0.15) is 4.98 Å². The van der Waals surface area contributed by atoms with E-state index in [1.165, 1.54) is 6.92 Å². The Morgan fingerprint density at radius 1 is 1.09 bits per heavy atom. The van der Waals surface area contributed by atoms with Gasteiger partial charge < -0.3 is 25.6 Å². The van der Waals surface area contributed by atoms with E-state index >= 15 is 0 Å². The number of hydrogen-bond acceptors (Lipinski definition) is 7. The minimum absolute atomic E-state index is 0.0195. The van der Waals surface area contributed by atoms with Crippen LogP contribution in [0.1, 0.15) is 23.7 Å². The maximum absolute atomic E-state index is 12.4. The number of Topliss-reactive ketones (excluding diaryl/α,β-unsaturated/α-hetero) is 1. The third-order valence-corrected chi connectivity index (χ3v) is 5.36. The molecular weight excluding hydrogens is 420 g/mol. The molecule has 1 aliphatic heterocycles. The number of carbonyl (C=O) groups is 2. The summed E-state index contributed by atoms with van der Waals surface area (Å²) < 4.78 is 5.18. The Morgan fingerprint density at radius 3 is 2.67 bits per heavy atom. The molecule has 1 aromatic heterocycles. The number of benzene rings is 2. The molecule has 1 aliphatic rings. The fourth-order valence-electron chi connectivity index (χ4n) is 3.64. The molecule has 9 heteroatoms. The van der Waals surface area contributed by atoms with Gasteiger partial charge in [-0.05, 0) is 55.8 Å². The molecule has 1 saturated heterocycles. The minimum atomic E-state index is -0.299. The second kappa shape index (κ2) is 9.99. The first-order valence-electron chi connectivity index (χ1n) is 10.7. The number of amides is 2. The summed E-state index contributed by atoms with van der Waals surface area (Å²) in [6, 6.07) is 16.0. The lowest BCUT2D eigenvalue weighted by Gasteiger charge is -2.19. The number of anilines is 4. The van der Waals surface area contributed by atoms with Crippen LogP contribution in [0.15, 0.2) is 60.8 Å². The van der Waals surface area contributed by atoms with Gasteiger partial charge in [0.2, 0.25) is 5.95 Å². The third kappa shape index (κ3) is 5.76. The Balaban J connectivity index is 1.33. The van der Waals surface area contributed by atoms with E-state index in [2.05, 4.69) is 30.8 Å². The zero-order valence-electron chi connectivity index (χ0n) is 18.5. The predicted octanol–water partition coefficient (Wildman–Crippen LogP) is 3.83. The van der Waals surface area contributed by atoms with Gasteiger partial charge in [-0.15, -0.1) is 0 Å². The molecule has 33 heavy (non-hydrogen) atoms. The molecule has 9 nitrogen and oxygen atoms in total. The van der Waals surface area contributed by atoms with Crippen molar-refractivity contribution < 1.29 is 14.3 Å². The van der Waals surface area contributed by atoms with Crippen LogP contribution < -0.4 is 25.6 Å². The highest BCUT2D eigenvalue weighted by Gasteiger charge is 2.25. The van der Waals surface area contributed by atoms with Crippen molar-refractivity contribution in [2.75, 3.05) is 35.7 Å². The third-order valence-electron chi connectivity index (χ3n) is 5.36. The van der Waals surface area contributed by atoms with E-state index in [4.69, 9.17) is 4.74 Å². The Bertz CT molecular complexity index is 1140. The standard InChI is InChI=1S/C24H26N6O3/c1-16(31)17-4-3-5-19(14-17)27-24(32)28-20-11-13-30(15-20)22-10-12-25-23(29-22)26-18-6-8-21(33-2)9-7-18/h3-10,12,14,20H,11,13,15H2,1-2H3,(H,25,26,29)(H2,27,28,32). The van der Waals surface area contributed by atoms with Crippen LogP contribution in [-0.2, 0) is 0 Å². The number of methoxy groups -OCH3 is 1. The zero-order chi connectivity index (χ0) is 23.2. The Hall–Kier alpha value is -4.14. The molecule has 4 rings (SSSR count). The lowest BCUT2D eigenvalue weighted by molar-refractivity contribution is 0.101. The van der Waals surface area contributed by atoms with Crippen molar-refractivity contribution in [1.29, 1.82) is 0 Å². The van der Waals surface area contributed by atoms with Gasteiger partial charge in [0.15, 0.2) is 5.78 Å². The van der Waals surface area contributed by atoms with Crippen molar-refractivity contribution in [3.63, 3.8) is 0 Å². The highest BCUT2D eigenvalue weighted by atomic mass is 16.5. The van der Waals surface area contributed by atoms with Crippen molar-refractivity contribution in [3.05, 3.63) is 66.4 Å². The molecule has 2 heterocycles. The molecule has 1 unspecified atom stereocenters. The number of rotatable bonds is 7. The van der Waals surface area contributed by atoms with Crippen LogP contribution >= 0.6 is 0 Å². The summed E-state index contributed by atoms with van der Waals surface area (Å²) in [4.78, 5) is 35.0. The normalized spacial score (nSPS) is 15.1. The molecule has 2 aromatic carbocycles. The zero-order valence-corrected chi connectivity index (χ0v) is 18.5. The Labute approximate surface area is 192 Å². The number of nitrogens with zero attached hydrogens (tertiary/aromatic N) is 3. The SMILES string of the molecule is COc1ccc(Nc2nccc(N3CCC(NC(=O)Nc4cccc(C(C)=O)c4)C3)n2)cc1. The number of hydrogen-bond donors (Lipinski definition) is 3. The summed E-state index contributed by atoms with van der Waals surface area (Å²) >= 11 is 0. The van der Waals surface area contributed by atoms with Crippen LogP contribution in [0.2, 0.25) is 0 Å². The van der Waals surface area contributed by atoms with Crippen molar-refractivity contribution >= 4 is 35.0 Å². The second-order valence-corrected chi connectivity index (χ2v) is 7.76. The van der Waals surface area contributed by atoms with Crippen LogP contribution in [0, 0.1) is 0 Å². The van der Waals surface area contributed by atoms with Crippen molar-refractivity contribution in [2.45, 2.75) is 19.4 Å². The monoisotopic (exact) mass is 446 g/mol. The highest BCUT2D eigenvalue weighted by Crippen LogP contribution is 2.22. The van der Waals surface area contributed by atoms with Gasteiger partial charge in [0.1, 0.15) is 11.6 Å². The number of ketones is 1. The molecule has 0 radical (unpaired) electrons. The summed E-state index contributed by atoms with van der Waals surface area (Å²) in [7, 11) is 1.63. The molecule has 0 aliphatic carbocycles. The average Bonchev–Trinajstić information content (AvgIpc) is 3.28. The summed E-state index contributed by atoms with van der Waals surface area (Å²) in [6.07, 6.45) is 2.51. The number of urea groups is 1. The van der Waals surface area contributed by atoms with Crippen LogP contribution in [-0.4, -0.2) is 48.0 Å². The molecule has 3 N–H and O–H groups in total. The Morgan fingerprint density at radius 2 is 1.91 bits per heavy atom. The maximum atomic E-state index is 12.4. The van der Waals surface area contributed by atoms with E-state index in [-0.39, 0.29) is 17.9 Å². The minimum Gasteiger partial charge on any atom is -0.497 e. The van der Waals surface area contributed by atoms with E-state index in [0.717, 1.165) is 30.2 Å². The van der Waals surface area contributed by atoms with Crippen LogP contribution in [0.4, 0.5) is 27.9 Å². The molecule has 0 spiro atoms. The molecule has 0 saturated carbocycles. The summed E-state index contributed by atoms with van der Waals surface area (Å²) in [6.45, 7) is 2.90.